The third-order valence-electron chi connectivity index (χ3n) is 11.7. The Hall–Kier alpha value is -7.11. The van der Waals surface area contributed by atoms with Crippen LogP contribution in [0.15, 0.2) is 133 Å². The lowest BCUT2D eigenvalue weighted by Gasteiger charge is -2.11. The number of fused-ring (bicyclic) bond motifs is 8. The highest BCUT2D eigenvalue weighted by atomic mass is 16.1. The fraction of sp³-hybridized carbons (Fsp3) is 0.113. The second kappa shape index (κ2) is 14.4. The van der Waals surface area contributed by atoms with Crippen LogP contribution in [0.5, 0.6) is 0 Å². The summed E-state index contributed by atoms with van der Waals surface area (Å²) in [5.74, 6) is -0.0268. The van der Waals surface area contributed by atoms with Crippen LogP contribution in [0.4, 0.5) is 0 Å². The number of aromatic amines is 2. The molecule has 0 spiro atoms. The van der Waals surface area contributed by atoms with Gasteiger partial charge in [0.15, 0.2) is 5.78 Å². The molecular formula is C53H42N4O. The van der Waals surface area contributed by atoms with Gasteiger partial charge in [-0.3, -0.25) is 4.79 Å². The Labute approximate surface area is 338 Å². The predicted molar refractivity (Wildman–Crippen MR) is 241 cm³/mol. The molecule has 0 saturated carbocycles. The van der Waals surface area contributed by atoms with Crippen LogP contribution in [0, 0.1) is 26.7 Å². The van der Waals surface area contributed by atoms with Crippen molar-refractivity contribution in [3.05, 3.63) is 184 Å². The number of carbonyl (C=O) groups is 1. The molecule has 5 nitrogen and oxygen atoms in total. The van der Waals surface area contributed by atoms with E-state index in [0.29, 0.717) is 12.8 Å². The standard InChI is InChI=1S/C53H42N4O/c1-32-9-15-36(16-10-32)50-44-25-23-42(54-44)41(31-39-21-22-40(53(39)58)35-7-5-4-6-8-35)43-24-26-45(55-43)51(37-17-11-33(2)12-18-37)47-28-30-49(57-47)52(48-29-27-46(50)56-48)38-19-13-34(3)14-20-38/h4-20,22-30,39,54,57H,21,31H2,1-3H3. The molecule has 1 aliphatic carbocycles. The highest BCUT2D eigenvalue weighted by Crippen LogP contribution is 2.38. The molecule has 58 heavy (non-hydrogen) atoms. The number of carbonyl (C=O) groups excluding carboxylic acids is 1. The van der Waals surface area contributed by atoms with Crippen LogP contribution in [-0.2, 0) is 11.2 Å². The monoisotopic (exact) mass is 750 g/mol. The summed E-state index contributed by atoms with van der Waals surface area (Å²) < 4.78 is 0. The fourth-order valence-electron chi connectivity index (χ4n) is 8.54. The van der Waals surface area contributed by atoms with Gasteiger partial charge in [0.05, 0.1) is 22.8 Å². The maximum Gasteiger partial charge on any atom is 0.166 e. The van der Waals surface area contributed by atoms with Gasteiger partial charge in [0.2, 0.25) is 0 Å². The SMILES string of the molecule is Cc1ccc(-c2c3nc(c(-c4ccc(C)cc4)c4ccc([nH]4)c(-c4ccc(C)cc4)c4nc(c(CC5CC=C(c6ccccc6)C5=O)c5ccc2[nH]5)C=C4)C=C3)cc1. The summed E-state index contributed by atoms with van der Waals surface area (Å²) in [4.78, 5) is 32.6. The molecule has 8 bridgehead atoms. The first-order valence-electron chi connectivity index (χ1n) is 20.0. The second-order valence-corrected chi connectivity index (χ2v) is 15.7. The minimum atomic E-state index is -0.204. The molecule has 0 saturated heterocycles. The molecule has 4 aromatic carbocycles. The van der Waals surface area contributed by atoms with Crippen molar-refractivity contribution >= 4 is 57.7 Å². The van der Waals surface area contributed by atoms with Crippen molar-refractivity contribution in [1.29, 1.82) is 0 Å². The van der Waals surface area contributed by atoms with Gasteiger partial charge < -0.3 is 9.97 Å². The molecular weight excluding hydrogens is 709 g/mol. The molecule has 5 heterocycles. The number of hydrogen-bond acceptors (Lipinski definition) is 3. The average molecular weight is 751 g/mol. The number of hydrogen-bond donors (Lipinski definition) is 2. The number of benzene rings is 4. The zero-order chi connectivity index (χ0) is 39.3. The number of H-pyrrole nitrogens is 2. The summed E-state index contributed by atoms with van der Waals surface area (Å²) in [6.45, 7) is 6.33. The summed E-state index contributed by atoms with van der Waals surface area (Å²) in [5, 5.41) is 0. The molecule has 0 radical (unpaired) electrons. The van der Waals surface area contributed by atoms with E-state index in [9.17, 15) is 4.79 Å². The first-order chi connectivity index (χ1) is 28.4. The van der Waals surface area contributed by atoms with Crippen LogP contribution in [0.2, 0.25) is 0 Å². The van der Waals surface area contributed by atoms with Gasteiger partial charge in [0.1, 0.15) is 0 Å². The Morgan fingerprint density at radius 1 is 0.483 bits per heavy atom. The number of allylic oxidation sites excluding steroid dienone is 2. The van der Waals surface area contributed by atoms with Crippen molar-refractivity contribution in [1.82, 2.24) is 19.9 Å². The van der Waals surface area contributed by atoms with Gasteiger partial charge in [0, 0.05) is 55.8 Å². The highest BCUT2D eigenvalue weighted by Gasteiger charge is 2.30. The number of aryl methyl sites for hydroxylation is 3. The van der Waals surface area contributed by atoms with Crippen molar-refractivity contribution in [2.24, 2.45) is 5.92 Å². The molecule has 10 rings (SSSR count). The van der Waals surface area contributed by atoms with Gasteiger partial charge in [-0.2, -0.15) is 0 Å². The van der Waals surface area contributed by atoms with Gasteiger partial charge in [-0.25, -0.2) is 9.97 Å². The Morgan fingerprint density at radius 2 is 0.897 bits per heavy atom. The van der Waals surface area contributed by atoms with Crippen molar-refractivity contribution in [2.45, 2.75) is 33.6 Å². The molecule has 0 amide bonds. The number of nitrogens with one attached hydrogen (secondary N) is 2. The van der Waals surface area contributed by atoms with Gasteiger partial charge in [-0.1, -0.05) is 126 Å². The molecule has 280 valence electrons. The Kier molecular flexibility index (Phi) is 8.79. The Balaban J connectivity index is 1.28. The van der Waals surface area contributed by atoms with E-state index in [2.05, 4.69) is 158 Å². The van der Waals surface area contributed by atoms with Crippen molar-refractivity contribution < 1.29 is 4.79 Å². The first kappa shape index (κ1) is 35.3. The highest BCUT2D eigenvalue weighted by molar-refractivity contribution is 6.23. The van der Waals surface area contributed by atoms with Gasteiger partial charge in [-0.15, -0.1) is 0 Å². The van der Waals surface area contributed by atoms with E-state index >= 15 is 0 Å². The normalized spacial score (nSPS) is 14.6. The van der Waals surface area contributed by atoms with E-state index in [4.69, 9.17) is 9.97 Å². The quantitative estimate of drug-likeness (QED) is 0.178. The molecule has 3 aliphatic rings. The fourth-order valence-corrected chi connectivity index (χ4v) is 8.54. The summed E-state index contributed by atoms with van der Waals surface area (Å²) >= 11 is 0. The smallest absolute Gasteiger partial charge is 0.166 e. The Bertz CT molecular complexity index is 2970. The largest absolute Gasteiger partial charge is 0.355 e. The van der Waals surface area contributed by atoms with Crippen molar-refractivity contribution in [3.8, 4) is 33.4 Å². The number of aromatic nitrogens is 4. The molecule has 0 fully saturated rings. The molecule has 2 N–H and O–H groups in total. The number of Topliss-reactive ketones (excluding diaryl/α,β-unsaturated/α-hetero) is 1. The van der Waals surface area contributed by atoms with Crippen LogP contribution in [0.3, 0.4) is 0 Å². The van der Waals surface area contributed by atoms with Gasteiger partial charge in [-0.05, 0) is 104 Å². The molecule has 3 aromatic heterocycles. The van der Waals surface area contributed by atoms with Crippen molar-refractivity contribution in [2.75, 3.05) is 0 Å². The van der Waals surface area contributed by atoms with E-state index in [-0.39, 0.29) is 11.7 Å². The zero-order valence-corrected chi connectivity index (χ0v) is 32.8. The van der Waals surface area contributed by atoms with Crippen LogP contribution >= 0.6 is 0 Å². The van der Waals surface area contributed by atoms with E-state index in [1.54, 1.807) is 0 Å². The molecule has 1 unspecified atom stereocenters. The molecule has 2 aliphatic heterocycles. The summed E-state index contributed by atoms with van der Waals surface area (Å²) in [6, 6.07) is 44.6. The lowest BCUT2D eigenvalue weighted by atomic mass is 9.92. The van der Waals surface area contributed by atoms with Gasteiger partial charge in [0.25, 0.3) is 0 Å². The third-order valence-corrected chi connectivity index (χ3v) is 11.7. The maximum absolute atomic E-state index is 14.1. The zero-order valence-electron chi connectivity index (χ0n) is 32.8. The van der Waals surface area contributed by atoms with E-state index < -0.39 is 0 Å². The predicted octanol–water partition coefficient (Wildman–Crippen LogP) is 12.8. The van der Waals surface area contributed by atoms with E-state index in [1.165, 1.54) is 16.7 Å². The molecule has 7 aromatic rings. The van der Waals surface area contributed by atoms with Crippen LogP contribution in [-0.4, -0.2) is 25.7 Å². The van der Waals surface area contributed by atoms with Crippen LogP contribution in [0.1, 0.15) is 57.0 Å². The summed E-state index contributed by atoms with van der Waals surface area (Å²) in [6.07, 6.45) is 11.8. The van der Waals surface area contributed by atoms with Crippen LogP contribution in [0.25, 0.3) is 85.3 Å². The minimum absolute atomic E-state index is 0.177. The minimum Gasteiger partial charge on any atom is -0.355 e. The summed E-state index contributed by atoms with van der Waals surface area (Å²) in [5.41, 5.74) is 19.9. The van der Waals surface area contributed by atoms with Crippen molar-refractivity contribution in [3.63, 3.8) is 0 Å². The second-order valence-electron chi connectivity index (χ2n) is 15.7. The Morgan fingerprint density at radius 3 is 1.38 bits per heavy atom. The summed E-state index contributed by atoms with van der Waals surface area (Å²) in [7, 11) is 0. The van der Waals surface area contributed by atoms with Gasteiger partial charge >= 0.3 is 0 Å². The third kappa shape index (κ3) is 6.45. The van der Waals surface area contributed by atoms with E-state index in [1.807, 2.05) is 30.3 Å². The number of nitrogens with zero attached hydrogens (tertiary/aromatic N) is 2. The number of rotatable bonds is 6. The lowest BCUT2D eigenvalue weighted by molar-refractivity contribution is -0.116. The average Bonchev–Trinajstić information content (AvgIpc) is 4.10. The topological polar surface area (TPSA) is 74.4 Å². The first-order valence-corrected chi connectivity index (χ1v) is 20.0. The van der Waals surface area contributed by atoms with Crippen LogP contribution < -0.4 is 0 Å². The molecule has 5 heteroatoms. The maximum atomic E-state index is 14.1. The molecule has 1 atom stereocenters. The van der Waals surface area contributed by atoms with E-state index in [0.717, 1.165) is 94.9 Å². The lowest BCUT2D eigenvalue weighted by Crippen LogP contribution is -2.13. The number of ketones is 1.